The number of halogens is 5. The van der Waals surface area contributed by atoms with Gasteiger partial charge in [-0.15, -0.1) is 0 Å². The Balaban J connectivity index is 2.65. The summed E-state index contributed by atoms with van der Waals surface area (Å²) in [5, 5.41) is 9.69. The van der Waals surface area contributed by atoms with E-state index in [1.54, 1.807) is 0 Å². The van der Waals surface area contributed by atoms with Gasteiger partial charge in [0.25, 0.3) is 0 Å². The predicted molar refractivity (Wildman–Crippen MR) is 55.2 cm³/mol. The van der Waals surface area contributed by atoms with E-state index in [2.05, 4.69) is 0 Å². The Morgan fingerprint density at radius 2 is 1.72 bits per heavy atom. The zero-order valence-electron chi connectivity index (χ0n) is 8.65. The summed E-state index contributed by atoms with van der Waals surface area (Å²) < 4.78 is 63.3. The molecule has 0 spiro atoms. The zero-order chi connectivity index (χ0) is 13.5. The van der Waals surface area contributed by atoms with Gasteiger partial charge in [0.15, 0.2) is 5.82 Å². The molecular weight excluding hydrogens is 257 g/mol. The number of fused-ring (bicyclic) bond motifs is 1. The second-order valence-corrected chi connectivity index (χ2v) is 3.58. The Morgan fingerprint density at radius 1 is 1.06 bits per heavy atom. The number of alkyl halides is 3. The average Bonchev–Trinajstić information content (AvgIpc) is 2.22. The molecule has 0 unspecified atom stereocenters. The van der Waals surface area contributed by atoms with Crippen molar-refractivity contribution < 1.29 is 27.1 Å². The van der Waals surface area contributed by atoms with E-state index >= 15 is 0 Å². The Hall–Kier alpha value is -2.05. The summed E-state index contributed by atoms with van der Waals surface area (Å²) in [7, 11) is 0. The van der Waals surface area contributed by atoms with E-state index in [1.807, 2.05) is 0 Å². The number of benzene rings is 2. The Labute approximate surface area is 97.6 Å². The van der Waals surface area contributed by atoms with E-state index < -0.39 is 23.6 Å². The molecule has 2 rings (SSSR count). The van der Waals surface area contributed by atoms with Crippen molar-refractivity contribution in [3.8, 4) is 5.75 Å². The minimum absolute atomic E-state index is 0.0299. The lowest BCUT2D eigenvalue weighted by Gasteiger charge is -2.13. The van der Waals surface area contributed by atoms with Gasteiger partial charge in [-0.2, -0.15) is 13.2 Å². The molecule has 7 heteroatoms. The average molecular weight is 263 g/mol. The summed E-state index contributed by atoms with van der Waals surface area (Å²) in [5.41, 5.74) is -1.26. The molecule has 0 aromatic heterocycles. The second-order valence-electron chi connectivity index (χ2n) is 3.58. The van der Waals surface area contributed by atoms with E-state index in [0.29, 0.717) is 6.07 Å². The molecule has 0 saturated heterocycles. The van der Waals surface area contributed by atoms with E-state index in [1.165, 1.54) is 0 Å². The number of anilines is 1. The molecule has 0 amide bonds. The second kappa shape index (κ2) is 4.01. The molecule has 2 aromatic carbocycles. The van der Waals surface area contributed by atoms with Gasteiger partial charge in [0.1, 0.15) is 17.3 Å². The molecule has 0 heterocycles. The molecule has 2 nitrogen and oxygen atoms in total. The number of phenolic OH excluding ortho intramolecular Hbond substituents is 1. The highest BCUT2D eigenvalue weighted by molar-refractivity contribution is 5.88. The number of hydrogen-bond acceptors (Lipinski definition) is 2. The molecule has 0 radical (unpaired) electrons. The molecule has 0 saturated carbocycles. The van der Waals surface area contributed by atoms with Crippen molar-refractivity contribution in [1.82, 2.24) is 0 Å². The fraction of sp³-hybridized carbons (Fsp3) is 0.0909. The maximum Gasteiger partial charge on any atom is 0.482 e. The highest BCUT2D eigenvalue weighted by Crippen LogP contribution is 2.32. The van der Waals surface area contributed by atoms with Crippen molar-refractivity contribution >= 4 is 16.5 Å². The van der Waals surface area contributed by atoms with Crippen LogP contribution in [0.25, 0.3) is 10.8 Å². The van der Waals surface area contributed by atoms with Crippen LogP contribution in [0.1, 0.15) is 0 Å². The third kappa shape index (κ3) is 2.29. The number of hydrogen-bond donors (Lipinski definition) is 2. The molecule has 18 heavy (non-hydrogen) atoms. The van der Waals surface area contributed by atoms with Crippen LogP contribution in [-0.4, -0.2) is 11.4 Å². The van der Waals surface area contributed by atoms with Gasteiger partial charge in [-0.3, -0.25) is 5.32 Å². The summed E-state index contributed by atoms with van der Waals surface area (Å²) in [6.45, 7) is 0. The first-order valence-corrected chi connectivity index (χ1v) is 4.73. The quantitative estimate of drug-likeness (QED) is 0.606. The minimum atomic E-state index is -4.94. The number of rotatable bonds is 1. The zero-order valence-corrected chi connectivity index (χ0v) is 8.65. The van der Waals surface area contributed by atoms with Crippen molar-refractivity contribution in [2.24, 2.45) is 0 Å². The molecule has 0 bridgehead atoms. The van der Waals surface area contributed by atoms with E-state index in [-0.39, 0.29) is 16.5 Å². The van der Waals surface area contributed by atoms with Gasteiger partial charge in [-0.05, 0) is 29.7 Å². The molecular formula is C11H6F5NO. The van der Waals surface area contributed by atoms with Crippen LogP contribution in [0.3, 0.4) is 0 Å². The molecule has 0 aliphatic heterocycles. The predicted octanol–water partition coefficient (Wildman–Crippen LogP) is 3.76. The van der Waals surface area contributed by atoms with Crippen LogP contribution < -0.4 is 5.32 Å². The molecule has 0 aliphatic rings. The maximum atomic E-state index is 13.7. The van der Waals surface area contributed by atoms with Gasteiger partial charge < -0.3 is 5.11 Å². The smallest absolute Gasteiger partial charge is 0.482 e. The lowest BCUT2D eigenvalue weighted by Crippen LogP contribution is -2.22. The van der Waals surface area contributed by atoms with Crippen molar-refractivity contribution in [3.63, 3.8) is 0 Å². The van der Waals surface area contributed by atoms with Gasteiger partial charge in [0.2, 0.25) is 0 Å². The normalized spacial score (nSPS) is 11.8. The van der Waals surface area contributed by atoms with Gasteiger partial charge in [0, 0.05) is 5.39 Å². The molecule has 0 fully saturated rings. The van der Waals surface area contributed by atoms with Gasteiger partial charge in [0.05, 0.1) is 0 Å². The summed E-state index contributed by atoms with van der Waals surface area (Å²) in [5.74, 6) is -2.98. The highest BCUT2D eigenvalue weighted by atomic mass is 19.4. The number of nitrogens with one attached hydrogen (secondary N) is 1. The van der Waals surface area contributed by atoms with E-state index in [0.717, 1.165) is 23.5 Å². The van der Waals surface area contributed by atoms with Gasteiger partial charge in [-0.25, -0.2) is 8.78 Å². The summed E-state index contributed by atoms with van der Waals surface area (Å²) >= 11 is 0. The fourth-order valence-electron chi connectivity index (χ4n) is 1.57. The third-order valence-electron chi connectivity index (χ3n) is 2.28. The van der Waals surface area contributed by atoms with Crippen LogP contribution in [0.4, 0.5) is 27.6 Å². The van der Waals surface area contributed by atoms with Crippen LogP contribution in [0.2, 0.25) is 0 Å². The maximum absolute atomic E-state index is 13.7. The highest BCUT2D eigenvalue weighted by Gasteiger charge is 2.30. The molecule has 0 aliphatic carbocycles. The molecule has 96 valence electrons. The lowest BCUT2D eigenvalue weighted by molar-refractivity contribution is -0.100. The van der Waals surface area contributed by atoms with E-state index in [9.17, 15) is 22.0 Å². The van der Waals surface area contributed by atoms with Crippen LogP contribution in [0, 0.1) is 11.6 Å². The summed E-state index contributed by atoms with van der Waals surface area (Å²) in [4.78, 5) is 0. The largest absolute Gasteiger partial charge is 0.508 e. The topological polar surface area (TPSA) is 32.3 Å². The fourth-order valence-corrected chi connectivity index (χ4v) is 1.57. The molecule has 2 aromatic rings. The van der Waals surface area contributed by atoms with Gasteiger partial charge in [-0.1, -0.05) is 0 Å². The Morgan fingerprint density at radius 3 is 2.33 bits per heavy atom. The molecule has 0 atom stereocenters. The first-order chi connectivity index (χ1) is 8.28. The Kier molecular flexibility index (Phi) is 2.76. The monoisotopic (exact) mass is 263 g/mol. The standard InChI is InChI=1S/C11H6F5NO/c12-8-4-5-3-6(18)1-2-7(5)9(13)10(8)17-11(14,15)16/h1-4,17-18H. The molecule has 2 N–H and O–H groups in total. The summed E-state index contributed by atoms with van der Waals surface area (Å²) in [6.07, 6.45) is -4.94. The van der Waals surface area contributed by atoms with Crippen molar-refractivity contribution in [2.75, 3.05) is 5.32 Å². The first kappa shape index (κ1) is 12.4. The van der Waals surface area contributed by atoms with Crippen molar-refractivity contribution in [2.45, 2.75) is 6.30 Å². The van der Waals surface area contributed by atoms with Crippen LogP contribution in [0.15, 0.2) is 24.3 Å². The lowest BCUT2D eigenvalue weighted by atomic mass is 10.1. The number of aromatic hydroxyl groups is 1. The van der Waals surface area contributed by atoms with Crippen LogP contribution in [-0.2, 0) is 0 Å². The van der Waals surface area contributed by atoms with Crippen molar-refractivity contribution in [3.05, 3.63) is 35.9 Å². The van der Waals surface area contributed by atoms with Crippen LogP contribution in [0.5, 0.6) is 5.75 Å². The van der Waals surface area contributed by atoms with E-state index in [4.69, 9.17) is 5.11 Å². The van der Waals surface area contributed by atoms with Crippen LogP contribution >= 0.6 is 0 Å². The SMILES string of the molecule is Oc1ccc2c(F)c(NC(F)(F)F)c(F)cc2c1. The first-order valence-electron chi connectivity index (χ1n) is 4.73. The minimum Gasteiger partial charge on any atom is -0.508 e. The van der Waals surface area contributed by atoms with Crippen molar-refractivity contribution in [1.29, 1.82) is 0 Å². The third-order valence-corrected chi connectivity index (χ3v) is 2.28. The number of phenols is 1. The van der Waals surface area contributed by atoms with Gasteiger partial charge >= 0.3 is 6.30 Å². The summed E-state index contributed by atoms with van der Waals surface area (Å²) in [6, 6.07) is 3.94. The Bertz CT molecular complexity index is 608.